The summed E-state index contributed by atoms with van der Waals surface area (Å²) in [7, 11) is 0. The van der Waals surface area contributed by atoms with Crippen LogP contribution in [0, 0.1) is 0 Å². The number of hydrazone groups is 1. The lowest BCUT2D eigenvalue weighted by molar-refractivity contribution is 0.0955. The van der Waals surface area contributed by atoms with Gasteiger partial charge in [0, 0.05) is 35.2 Å². The van der Waals surface area contributed by atoms with E-state index in [-0.39, 0.29) is 11.3 Å². The van der Waals surface area contributed by atoms with Gasteiger partial charge in [0.2, 0.25) is 0 Å². The highest BCUT2D eigenvalue weighted by atomic mass is 16.3. The first-order valence-corrected chi connectivity index (χ1v) is 8.57. The van der Waals surface area contributed by atoms with E-state index in [1.165, 1.54) is 12.3 Å². The number of pyridine rings is 1. The molecule has 0 fully saturated rings. The summed E-state index contributed by atoms with van der Waals surface area (Å²) in [4.78, 5) is 28.4. The number of rotatable bonds is 4. The molecule has 0 aliphatic rings. The van der Waals surface area contributed by atoms with Crippen molar-refractivity contribution in [1.29, 1.82) is 0 Å². The topological polar surface area (TPSA) is 84.6 Å². The fraction of sp³-hybridized carbons (Fsp3) is 0. The van der Waals surface area contributed by atoms with Crippen LogP contribution in [0.5, 0.6) is 0 Å². The lowest BCUT2D eigenvalue weighted by Gasteiger charge is -2.04. The van der Waals surface area contributed by atoms with Crippen LogP contribution in [0.15, 0.2) is 93.4 Å². The Kier molecular flexibility index (Phi) is 4.76. The summed E-state index contributed by atoms with van der Waals surface area (Å²) < 4.78 is 5.81. The molecule has 4 aromatic rings. The lowest BCUT2D eigenvalue weighted by atomic mass is 10.1. The Bertz CT molecular complexity index is 1210. The number of fused-ring (bicyclic) bond motifs is 1. The van der Waals surface area contributed by atoms with E-state index in [4.69, 9.17) is 4.42 Å². The van der Waals surface area contributed by atoms with Crippen LogP contribution in [0.25, 0.3) is 22.3 Å². The number of benzene rings is 2. The number of hydrogen-bond donors (Lipinski definition) is 1. The Morgan fingerprint density at radius 1 is 1.04 bits per heavy atom. The molecule has 0 aliphatic carbocycles. The molecule has 0 bridgehead atoms. The molecule has 28 heavy (non-hydrogen) atoms. The number of aromatic nitrogens is 1. The van der Waals surface area contributed by atoms with Crippen molar-refractivity contribution in [3.63, 3.8) is 0 Å². The summed E-state index contributed by atoms with van der Waals surface area (Å²) in [6, 6.07) is 18.9. The Hall–Kier alpha value is -4.06. The molecule has 2 heterocycles. The number of para-hydroxylation sites is 1. The van der Waals surface area contributed by atoms with E-state index in [2.05, 4.69) is 15.5 Å². The second-order valence-corrected chi connectivity index (χ2v) is 6.03. The van der Waals surface area contributed by atoms with Gasteiger partial charge in [-0.3, -0.25) is 14.6 Å². The number of carbonyl (C=O) groups is 1. The van der Waals surface area contributed by atoms with Gasteiger partial charge in [-0.2, -0.15) is 5.10 Å². The standard InChI is InChI=1S/C22H15N3O3/c26-19-12-21(28-20-6-2-1-5-18(19)20)16-7-9-17(10-8-16)22(27)25-24-14-15-4-3-11-23-13-15/h1-14H,(H,25,27)/b24-14+. The fourth-order valence-electron chi connectivity index (χ4n) is 2.71. The zero-order chi connectivity index (χ0) is 19.3. The van der Waals surface area contributed by atoms with Crippen molar-refractivity contribution in [2.45, 2.75) is 0 Å². The minimum atomic E-state index is -0.341. The highest BCUT2D eigenvalue weighted by Crippen LogP contribution is 2.22. The molecule has 0 radical (unpaired) electrons. The molecular formula is C22H15N3O3. The highest BCUT2D eigenvalue weighted by molar-refractivity contribution is 5.95. The van der Waals surface area contributed by atoms with Crippen LogP contribution in [0.4, 0.5) is 0 Å². The number of carbonyl (C=O) groups excluding carboxylic acids is 1. The van der Waals surface area contributed by atoms with Crippen molar-refractivity contribution in [3.8, 4) is 11.3 Å². The Morgan fingerprint density at radius 2 is 1.86 bits per heavy atom. The van der Waals surface area contributed by atoms with Crippen LogP contribution >= 0.6 is 0 Å². The minimum Gasteiger partial charge on any atom is -0.456 e. The monoisotopic (exact) mass is 369 g/mol. The first-order valence-electron chi connectivity index (χ1n) is 8.57. The van der Waals surface area contributed by atoms with Crippen molar-refractivity contribution in [2.24, 2.45) is 5.10 Å². The van der Waals surface area contributed by atoms with Crippen molar-refractivity contribution in [3.05, 3.63) is 100 Å². The maximum absolute atomic E-state index is 12.2. The Balaban J connectivity index is 1.51. The van der Waals surface area contributed by atoms with Crippen LogP contribution in [0.2, 0.25) is 0 Å². The maximum atomic E-state index is 12.2. The minimum absolute atomic E-state index is 0.108. The van der Waals surface area contributed by atoms with Crippen LogP contribution in [-0.4, -0.2) is 17.1 Å². The summed E-state index contributed by atoms with van der Waals surface area (Å²) in [6.45, 7) is 0. The third-order valence-corrected chi connectivity index (χ3v) is 4.13. The van der Waals surface area contributed by atoms with Crippen LogP contribution in [-0.2, 0) is 0 Å². The van der Waals surface area contributed by atoms with Gasteiger partial charge in [0.1, 0.15) is 11.3 Å². The van der Waals surface area contributed by atoms with E-state index in [9.17, 15) is 9.59 Å². The first-order chi connectivity index (χ1) is 13.7. The molecule has 1 amide bonds. The molecule has 0 spiro atoms. The van der Waals surface area contributed by atoms with Gasteiger partial charge in [-0.15, -0.1) is 0 Å². The van der Waals surface area contributed by atoms with Crippen molar-refractivity contribution in [2.75, 3.05) is 0 Å². The molecule has 6 heteroatoms. The summed E-state index contributed by atoms with van der Waals surface area (Å²) in [6.07, 6.45) is 4.82. The normalized spacial score (nSPS) is 11.0. The van der Waals surface area contributed by atoms with Crippen LogP contribution in [0.3, 0.4) is 0 Å². The molecule has 0 saturated carbocycles. The SMILES string of the molecule is O=C(N/N=C/c1cccnc1)c1ccc(-c2cc(=O)c3ccccc3o2)cc1. The zero-order valence-corrected chi connectivity index (χ0v) is 14.7. The van der Waals surface area contributed by atoms with Crippen LogP contribution in [0.1, 0.15) is 15.9 Å². The Morgan fingerprint density at radius 3 is 2.64 bits per heavy atom. The van der Waals surface area contributed by atoms with E-state index in [0.717, 1.165) is 5.56 Å². The van der Waals surface area contributed by atoms with E-state index >= 15 is 0 Å². The maximum Gasteiger partial charge on any atom is 0.271 e. The molecule has 6 nitrogen and oxygen atoms in total. The molecule has 1 N–H and O–H groups in total. The molecule has 0 atom stereocenters. The third-order valence-electron chi connectivity index (χ3n) is 4.13. The van der Waals surface area contributed by atoms with Gasteiger partial charge in [-0.25, -0.2) is 5.43 Å². The first kappa shape index (κ1) is 17.4. The van der Waals surface area contributed by atoms with Crippen molar-refractivity contribution in [1.82, 2.24) is 10.4 Å². The summed E-state index contributed by atoms with van der Waals surface area (Å²) in [5.41, 5.74) is 4.81. The molecule has 0 unspecified atom stereocenters. The van der Waals surface area contributed by atoms with E-state index in [1.54, 1.807) is 60.9 Å². The molecule has 4 rings (SSSR count). The zero-order valence-electron chi connectivity index (χ0n) is 14.7. The summed E-state index contributed by atoms with van der Waals surface area (Å²) in [5, 5.41) is 4.46. The second kappa shape index (κ2) is 7.67. The second-order valence-electron chi connectivity index (χ2n) is 6.03. The third kappa shape index (κ3) is 3.71. The predicted molar refractivity (Wildman–Crippen MR) is 107 cm³/mol. The average Bonchev–Trinajstić information content (AvgIpc) is 2.74. The van der Waals surface area contributed by atoms with Gasteiger partial charge < -0.3 is 4.42 Å². The van der Waals surface area contributed by atoms with Gasteiger partial charge in [0.05, 0.1) is 11.6 Å². The number of nitrogens with one attached hydrogen (secondary N) is 1. The highest BCUT2D eigenvalue weighted by Gasteiger charge is 2.09. The smallest absolute Gasteiger partial charge is 0.271 e. The molecule has 0 saturated heterocycles. The van der Waals surface area contributed by atoms with Gasteiger partial charge >= 0.3 is 0 Å². The quantitative estimate of drug-likeness (QED) is 0.440. The van der Waals surface area contributed by atoms with Gasteiger partial charge in [0.25, 0.3) is 5.91 Å². The average molecular weight is 369 g/mol. The molecule has 136 valence electrons. The number of hydrogen-bond acceptors (Lipinski definition) is 5. The summed E-state index contributed by atoms with van der Waals surface area (Å²) >= 11 is 0. The van der Waals surface area contributed by atoms with Crippen LogP contribution < -0.4 is 10.9 Å². The van der Waals surface area contributed by atoms with E-state index in [1.807, 2.05) is 12.1 Å². The molecule has 0 aliphatic heterocycles. The van der Waals surface area contributed by atoms with Gasteiger partial charge in [0.15, 0.2) is 5.43 Å². The number of nitrogens with zero attached hydrogens (tertiary/aromatic N) is 2. The molecular weight excluding hydrogens is 354 g/mol. The largest absolute Gasteiger partial charge is 0.456 e. The molecule has 2 aromatic heterocycles. The number of amides is 1. The van der Waals surface area contributed by atoms with Gasteiger partial charge in [-0.05, 0) is 30.3 Å². The van der Waals surface area contributed by atoms with E-state index in [0.29, 0.717) is 27.9 Å². The Labute approximate surface area is 160 Å². The fourth-order valence-corrected chi connectivity index (χ4v) is 2.71. The van der Waals surface area contributed by atoms with Crippen molar-refractivity contribution < 1.29 is 9.21 Å². The predicted octanol–water partition coefficient (Wildman–Crippen LogP) is 3.62. The summed E-state index contributed by atoms with van der Waals surface area (Å²) in [5.74, 6) is 0.108. The lowest BCUT2D eigenvalue weighted by Crippen LogP contribution is -2.17. The van der Waals surface area contributed by atoms with Gasteiger partial charge in [-0.1, -0.05) is 30.3 Å². The van der Waals surface area contributed by atoms with E-state index < -0.39 is 0 Å². The molecule has 2 aromatic carbocycles. The van der Waals surface area contributed by atoms with Crippen molar-refractivity contribution >= 4 is 23.1 Å².